The van der Waals surface area contributed by atoms with Crippen molar-refractivity contribution >= 4 is 23.2 Å². The van der Waals surface area contributed by atoms with Gasteiger partial charge in [-0.05, 0) is 42.0 Å². The van der Waals surface area contributed by atoms with Gasteiger partial charge in [-0.25, -0.2) is 4.39 Å². The van der Waals surface area contributed by atoms with Crippen LogP contribution in [0, 0.1) is 5.82 Å². The number of benzene rings is 2. The fraction of sp³-hybridized carbons (Fsp3) is 0. The van der Waals surface area contributed by atoms with Crippen LogP contribution in [0.5, 0.6) is 0 Å². The molecule has 0 saturated carbocycles. The van der Waals surface area contributed by atoms with Crippen LogP contribution in [-0.2, 0) is 0 Å². The molecule has 0 bridgehead atoms. The maximum Gasteiger partial charge on any atom is 0.202 e. The lowest BCUT2D eigenvalue weighted by molar-refractivity contribution is 0.104. The number of fused-ring (bicyclic) bond motifs is 1. The molecule has 2 aromatic carbocycles. The molecule has 0 fully saturated rings. The molecular formula is C15H10FNOS. The van der Waals surface area contributed by atoms with Crippen LogP contribution in [0.3, 0.4) is 0 Å². The third kappa shape index (κ3) is 2.04. The molecule has 2 aromatic rings. The van der Waals surface area contributed by atoms with Crippen LogP contribution < -0.4 is 5.73 Å². The summed E-state index contributed by atoms with van der Waals surface area (Å²) < 4.78 is 12.9. The van der Waals surface area contributed by atoms with Crippen molar-refractivity contribution < 1.29 is 9.18 Å². The molecule has 0 atom stereocenters. The topological polar surface area (TPSA) is 43.1 Å². The second-order valence-corrected chi connectivity index (χ2v) is 5.23. The van der Waals surface area contributed by atoms with Gasteiger partial charge in [-0.1, -0.05) is 23.9 Å². The molecule has 1 aliphatic rings. The molecule has 19 heavy (non-hydrogen) atoms. The lowest BCUT2D eigenvalue weighted by Gasteiger charge is -2.04. The summed E-state index contributed by atoms with van der Waals surface area (Å²) in [4.78, 5) is 13.7. The minimum Gasteiger partial charge on any atom is -0.397 e. The normalized spacial score (nSPS) is 16.4. The van der Waals surface area contributed by atoms with Crippen molar-refractivity contribution in [3.8, 4) is 0 Å². The highest BCUT2D eigenvalue weighted by Gasteiger charge is 2.27. The average Bonchev–Trinajstić information content (AvgIpc) is 2.77. The van der Waals surface area contributed by atoms with Gasteiger partial charge in [0.2, 0.25) is 5.78 Å². The average molecular weight is 271 g/mol. The second kappa shape index (κ2) is 4.55. The molecule has 0 radical (unpaired) electrons. The molecule has 1 heterocycles. The molecule has 1 aliphatic heterocycles. The summed E-state index contributed by atoms with van der Waals surface area (Å²) >= 11 is 1.36. The summed E-state index contributed by atoms with van der Waals surface area (Å²) in [5.74, 6) is -0.391. The van der Waals surface area contributed by atoms with Gasteiger partial charge in [0.15, 0.2) is 0 Å². The van der Waals surface area contributed by atoms with Gasteiger partial charge < -0.3 is 5.73 Å². The zero-order valence-corrected chi connectivity index (χ0v) is 10.7. The Bertz CT molecular complexity index is 692. The van der Waals surface area contributed by atoms with Crippen molar-refractivity contribution in [2.24, 2.45) is 5.73 Å². The van der Waals surface area contributed by atoms with Crippen LogP contribution in [0.2, 0.25) is 0 Å². The fourth-order valence-corrected chi connectivity index (χ4v) is 3.03. The van der Waals surface area contributed by atoms with Gasteiger partial charge in [0.05, 0.1) is 10.6 Å². The van der Waals surface area contributed by atoms with E-state index in [1.54, 1.807) is 18.2 Å². The summed E-state index contributed by atoms with van der Waals surface area (Å²) in [6.45, 7) is 0. The van der Waals surface area contributed by atoms with Crippen LogP contribution in [0.15, 0.2) is 58.3 Å². The van der Waals surface area contributed by atoms with Gasteiger partial charge >= 0.3 is 0 Å². The highest BCUT2D eigenvalue weighted by Crippen LogP contribution is 2.42. The molecular weight excluding hydrogens is 261 g/mol. The predicted molar refractivity (Wildman–Crippen MR) is 74.1 cm³/mol. The molecule has 4 heteroatoms. The smallest absolute Gasteiger partial charge is 0.202 e. The van der Waals surface area contributed by atoms with E-state index < -0.39 is 0 Å². The van der Waals surface area contributed by atoms with E-state index in [0.29, 0.717) is 21.7 Å². The molecule has 0 saturated heterocycles. The molecule has 2 N–H and O–H groups in total. The Kier molecular flexibility index (Phi) is 2.87. The molecule has 94 valence electrons. The number of nitrogens with two attached hydrogens (primary N) is 1. The molecule has 2 nitrogen and oxygen atoms in total. The van der Waals surface area contributed by atoms with Gasteiger partial charge in [0.25, 0.3) is 0 Å². The molecule has 0 spiro atoms. The Morgan fingerprint density at radius 1 is 1.05 bits per heavy atom. The zero-order valence-electron chi connectivity index (χ0n) is 9.89. The quantitative estimate of drug-likeness (QED) is 0.808. The van der Waals surface area contributed by atoms with Crippen molar-refractivity contribution in [2.75, 3.05) is 0 Å². The van der Waals surface area contributed by atoms with Gasteiger partial charge in [-0.15, -0.1) is 0 Å². The third-order valence-electron chi connectivity index (χ3n) is 2.95. The van der Waals surface area contributed by atoms with E-state index in [1.165, 1.54) is 23.9 Å². The number of Topliss-reactive ketones (excluding diaryl/α,β-unsaturated/α-hetero) is 1. The summed E-state index contributed by atoms with van der Waals surface area (Å²) in [5.41, 5.74) is 7.76. The Morgan fingerprint density at radius 2 is 1.74 bits per heavy atom. The van der Waals surface area contributed by atoms with Crippen molar-refractivity contribution in [2.45, 2.75) is 4.90 Å². The second-order valence-electron chi connectivity index (χ2n) is 4.18. The van der Waals surface area contributed by atoms with Gasteiger partial charge in [0, 0.05) is 10.5 Å². The number of thioether (sulfide) groups is 1. The molecule has 3 rings (SSSR count). The minimum atomic E-state index is -0.324. The maximum atomic E-state index is 12.9. The van der Waals surface area contributed by atoms with E-state index in [0.717, 1.165) is 4.90 Å². The predicted octanol–water partition coefficient (Wildman–Crippen LogP) is 3.44. The summed E-state index contributed by atoms with van der Waals surface area (Å²) in [6.07, 6.45) is 0. The molecule has 0 aromatic heterocycles. The number of hydrogen-bond acceptors (Lipinski definition) is 3. The highest BCUT2D eigenvalue weighted by molar-refractivity contribution is 8.05. The van der Waals surface area contributed by atoms with Crippen molar-refractivity contribution in [3.63, 3.8) is 0 Å². The summed E-state index contributed by atoms with van der Waals surface area (Å²) in [7, 11) is 0. The number of ketones is 1. The van der Waals surface area contributed by atoms with E-state index in [2.05, 4.69) is 0 Å². The first kappa shape index (κ1) is 12.0. The van der Waals surface area contributed by atoms with Crippen LogP contribution in [0.25, 0.3) is 5.70 Å². The Labute approximate surface area is 114 Å². The van der Waals surface area contributed by atoms with Crippen molar-refractivity contribution in [1.82, 2.24) is 0 Å². The van der Waals surface area contributed by atoms with E-state index >= 15 is 0 Å². The Balaban J connectivity index is 2.06. The van der Waals surface area contributed by atoms with Crippen LogP contribution in [0.4, 0.5) is 4.39 Å². The van der Waals surface area contributed by atoms with Crippen LogP contribution >= 0.6 is 11.8 Å². The Hall–Kier alpha value is -2.07. The SMILES string of the molecule is NC(=C1Sc2ccccc2C1=O)c1ccc(F)cc1. The number of halogens is 1. The zero-order chi connectivity index (χ0) is 13.4. The minimum absolute atomic E-state index is 0.0672. The van der Waals surface area contributed by atoms with Gasteiger partial charge in [-0.2, -0.15) is 0 Å². The fourth-order valence-electron chi connectivity index (χ4n) is 1.96. The molecule has 0 aliphatic carbocycles. The lowest BCUT2D eigenvalue weighted by Crippen LogP contribution is -2.04. The Morgan fingerprint density at radius 3 is 2.42 bits per heavy atom. The number of carbonyl (C=O) groups is 1. The first-order chi connectivity index (χ1) is 9.16. The van der Waals surface area contributed by atoms with Crippen molar-refractivity contribution in [1.29, 1.82) is 0 Å². The van der Waals surface area contributed by atoms with E-state index in [-0.39, 0.29) is 11.6 Å². The highest BCUT2D eigenvalue weighted by atomic mass is 32.2. The van der Waals surface area contributed by atoms with E-state index in [1.807, 2.05) is 18.2 Å². The molecule has 0 unspecified atom stereocenters. The first-order valence-corrected chi connectivity index (χ1v) is 6.56. The number of carbonyl (C=O) groups excluding carboxylic acids is 1. The maximum absolute atomic E-state index is 12.9. The van der Waals surface area contributed by atoms with Crippen LogP contribution in [-0.4, -0.2) is 5.78 Å². The summed E-state index contributed by atoms with van der Waals surface area (Å²) in [6, 6.07) is 13.2. The number of hydrogen-bond donors (Lipinski definition) is 1. The number of allylic oxidation sites excluding steroid dienone is 1. The largest absolute Gasteiger partial charge is 0.397 e. The van der Waals surface area contributed by atoms with Gasteiger partial charge in [-0.3, -0.25) is 4.79 Å². The van der Waals surface area contributed by atoms with Crippen LogP contribution in [0.1, 0.15) is 15.9 Å². The molecule has 0 amide bonds. The van der Waals surface area contributed by atoms with E-state index in [9.17, 15) is 9.18 Å². The lowest BCUT2D eigenvalue weighted by atomic mass is 10.1. The van der Waals surface area contributed by atoms with Crippen molar-refractivity contribution in [3.05, 3.63) is 70.4 Å². The standard InChI is InChI=1S/C15H10FNOS/c16-10-7-5-9(6-8-10)13(17)15-14(18)11-3-1-2-4-12(11)19-15/h1-8H,17H2. The van der Waals surface area contributed by atoms with E-state index in [4.69, 9.17) is 5.73 Å². The first-order valence-electron chi connectivity index (χ1n) is 5.74. The summed E-state index contributed by atoms with van der Waals surface area (Å²) in [5, 5.41) is 0. The monoisotopic (exact) mass is 271 g/mol. The third-order valence-corrected chi connectivity index (χ3v) is 4.14. The van der Waals surface area contributed by atoms with Gasteiger partial charge in [0.1, 0.15) is 5.82 Å². The number of rotatable bonds is 1.